The van der Waals surface area contributed by atoms with E-state index in [-0.39, 0.29) is 0 Å². The molecule has 2 aromatic rings. The second kappa shape index (κ2) is 3.57. The Morgan fingerprint density at radius 3 is 3.08 bits per heavy atom. The number of halogens is 1. The fraction of sp³-hybridized carbons (Fsp3) is 0.286. The van der Waals surface area contributed by atoms with Crippen LogP contribution in [0.2, 0.25) is 0 Å². The van der Waals surface area contributed by atoms with Gasteiger partial charge in [-0.1, -0.05) is 0 Å². The van der Waals surface area contributed by atoms with Crippen LogP contribution in [0.3, 0.4) is 0 Å². The molecule has 2 aromatic heterocycles. The summed E-state index contributed by atoms with van der Waals surface area (Å²) in [6.07, 6.45) is 5.31. The summed E-state index contributed by atoms with van der Waals surface area (Å²) in [4.78, 5) is 8.08. The molecule has 0 aliphatic rings. The third kappa shape index (κ3) is 1.86. The van der Waals surface area contributed by atoms with Crippen molar-refractivity contribution in [3.8, 4) is 0 Å². The number of imidazole rings is 1. The van der Waals surface area contributed by atoms with Gasteiger partial charge in [0.25, 0.3) is 0 Å². The highest BCUT2D eigenvalue weighted by Crippen LogP contribution is 1.98. The highest BCUT2D eigenvalue weighted by Gasteiger charge is 2.01. The first kappa shape index (κ1) is 8.25. The first-order chi connectivity index (χ1) is 6.38. The summed E-state index contributed by atoms with van der Waals surface area (Å²) < 4.78 is 1.90. The summed E-state index contributed by atoms with van der Waals surface area (Å²) in [5, 5.41) is 6.71. The van der Waals surface area contributed by atoms with E-state index in [0.717, 1.165) is 5.82 Å². The number of nitrogens with zero attached hydrogens (tertiary/aromatic N) is 4. The Labute approximate surface area is 79.8 Å². The minimum absolute atomic E-state index is 0.334. The van der Waals surface area contributed by atoms with Gasteiger partial charge in [0.1, 0.15) is 5.82 Å². The van der Waals surface area contributed by atoms with E-state index in [0.29, 0.717) is 18.2 Å². The topological polar surface area (TPSA) is 59.4 Å². The van der Waals surface area contributed by atoms with Gasteiger partial charge in [-0.05, 0) is 0 Å². The zero-order chi connectivity index (χ0) is 9.10. The van der Waals surface area contributed by atoms with Crippen molar-refractivity contribution in [2.75, 3.05) is 0 Å². The Hall–Kier alpha value is -1.36. The molecule has 13 heavy (non-hydrogen) atoms. The number of rotatable bonds is 3. The second-order valence-corrected chi connectivity index (χ2v) is 2.83. The molecule has 2 heterocycles. The van der Waals surface area contributed by atoms with Crippen molar-refractivity contribution in [3.05, 3.63) is 30.4 Å². The van der Waals surface area contributed by atoms with Crippen LogP contribution >= 0.6 is 11.6 Å². The summed E-state index contributed by atoms with van der Waals surface area (Å²) in [6.45, 7) is 0.643. The standard InChI is InChI=1S/C7H8ClN5/c8-3-6-10-7(12-11-6)4-13-2-1-9-5-13/h1-2,5H,3-4H2,(H,10,11,12). The number of hydrogen-bond donors (Lipinski definition) is 1. The van der Waals surface area contributed by atoms with Gasteiger partial charge in [-0.3, -0.25) is 5.10 Å². The predicted octanol–water partition coefficient (Wildman–Crippen LogP) is 0.788. The maximum absolute atomic E-state index is 5.56. The molecule has 0 radical (unpaired) electrons. The zero-order valence-electron chi connectivity index (χ0n) is 6.81. The van der Waals surface area contributed by atoms with Gasteiger partial charge >= 0.3 is 0 Å². The first-order valence-corrected chi connectivity index (χ1v) is 4.34. The molecular weight excluding hydrogens is 190 g/mol. The van der Waals surface area contributed by atoms with Crippen LogP contribution in [0.25, 0.3) is 0 Å². The first-order valence-electron chi connectivity index (χ1n) is 3.80. The van der Waals surface area contributed by atoms with E-state index in [4.69, 9.17) is 11.6 Å². The van der Waals surface area contributed by atoms with Crippen molar-refractivity contribution in [1.29, 1.82) is 0 Å². The van der Waals surface area contributed by atoms with Gasteiger partial charge in [-0.15, -0.1) is 11.6 Å². The van der Waals surface area contributed by atoms with Gasteiger partial charge in [-0.25, -0.2) is 9.97 Å². The Morgan fingerprint density at radius 1 is 1.54 bits per heavy atom. The summed E-state index contributed by atoms with van der Waals surface area (Å²) in [6, 6.07) is 0. The Morgan fingerprint density at radius 2 is 2.46 bits per heavy atom. The molecule has 0 saturated heterocycles. The fourth-order valence-electron chi connectivity index (χ4n) is 1.02. The smallest absolute Gasteiger partial charge is 0.165 e. The van der Waals surface area contributed by atoms with Crippen molar-refractivity contribution in [2.45, 2.75) is 12.4 Å². The van der Waals surface area contributed by atoms with Gasteiger partial charge < -0.3 is 4.57 Å². The third-order valence-electron chi connectivity index (χ3n) is 1.59. The van der Waals surface area contributed by atoms with E-state index in [1.807, 2.05) is 10.8 Å². The van der Waals surface area contributed by atoms with Crippen LogP contribution < -0.4 is 0 Å². The van der Waals surface area contributed by atoms with Crippen LogP contribution in [0, 0.1) is 0 Å². The molecule has 0 fully saturated rings. The van der Waals surface area contributed by atoms with Gasteiger partial charge in [-0.2, -0.15) is 5.10 Å². The lowest BCUT2D eigenvalue weighted by Gasteiger charge is -1.95. The lowest BCUT2D eigenvalue weighted by Crippen LogP contribution is -1.98. The third-order valence-corrected chi connectivity index (χ3v) is 1.83. The van der Waals surface area contributed by atoms with Crippen molar-refractivity contribution in [3.63, 3.8) is 0 Å². The fourth-order valence-corrected chi connectivity index (χ4v) is 1.14. The maximum Gasteiger partial charge on any atom is 0.165 e. The lowest BCUT2D eigenvalue weighted by molar-refractivity contribution is 0.747. The van der Waals surface area contributed by atoms with E-state index in [1.54, 1.807) is 12.5 Å². The van der Waals surface area contributed by atoms with E-state index in [9.17, 15) is 0 Å². The zero-order valence-corrected chi connectivity index (χ0v) is 7.57. The molecule has 0 unspecified atom stereocenters. The second-order valence-electron chi connectivity index (χ2n) is 2.57. The predicted molar refractivity (Wildman–Crippen MR) is 47.3 cm³/mol. The quantitative estimate of drug-likeness (QED) is 0.741. The van der Waals surface area contributed by atoms with Crippen LogP contribution in [-0.2, 0) is 12.4 Å². The molecular formula is C7H8ClN5. The number of alkyl halides is 1. The maximum atomic E-state index is 5.56. The van der Waals surface area contributed by atoms with Gasteiger partial charge in [0, 0.05) is 12.4 Å². The lowest BCUT2D eigenvalue weighted by atomic mass is 10.6. The molecule has 0 atom stereocenters. The summed E-state index contributed by atoms with van der Waals surface area (Å²) in [7, 11) is 0. The molecule has 0 aliphatic carbocycles. The monoisotopic (exact) mass is 197 g/mol. The van der Waals surface area contributed by atoms with Gasteiger partial charge in [0.05, 0.1) is 18.8 Å². The molecule has 0 aromatic carbocycles. The average Bonchev–Trinajstić information content (AvgIpc) is 2.76. The number of aromatic nitrogens is 5. The number of nitrogens with one attached hydrogen (secondary N) is 1. The molecule has 5 nitrogen and oxygen atoms in total. The van der Waals surface area contributed by atoms with Crippen LogP contribution in [0.5, 0.6) is 0 Å². The van der Waals surface area contributed by atoms with Crippen molar-refractivity contribution in [1.82, 2.24) is 24.7 Å². The van der Waals surface area contributed by atoms with E-state index >= 15 is 0 Å². The molecule has 2 rings (SSSR count). The Balaban J connectivity index is 2.10. The summed E-state index contributed by atoms with van der Waals surface area (Å²) in [5.74, 6) is 1.74. The molecule has 0 spiro atoms. The van der Waals surface area contributed by atoms with E-state index in [1.165, 1.54) is 0 Å². The minimum atomic E-state index is 0.334. The van der Waals surface area contributed by atoms with Crippen LogP contribution in [0.1, 0.15) is 11.6 Å². The molecule has 0 saturated carbocycles. The normalized spacial score (nSPS) is 10.5. The number of aromatic amines is 1. The average molecular weight is 198 g/mol. The van der Waals surface area contributed by atoms with Crippen molar-refractivity contribution >= 4 is 11.6 Å². The highest BCUT2D eigenvalue weighted by atomic mass is 35.5. The summed E-state index contributed by atoms with van der Waals surface area (Å²) >= 11 is 5.56. The number of hydrogen-bond acceptors (Lipinski definition) is 3. The SMILES string of the molecule is ClCc1n[nH]c(Cn2ccnc2)n1. The van der Waals surface area contributed by atoms with E-state index < -0.39 is 0 Å². The summed E-state index contributed by atoms with van der Waals surface area (Å²) in [5.41, 5.74) is 0. The van der Waals surface area contributed by atoms with Gasteiger partial charge in [0.2, 0.25) is 0 Å². The molecule has 0 bridgehead atoms. The minimum Gasteiger partial charge on any atom is -0.330 e. The number of H-pyrrole nitrogens is 1. The highest BCUT2D eigenvalue weighted by molar-refractivity contribution is 6.16. The van der Waals surface area contributed by atoms with Gasteiger partial charge in [0.15, 0.2) is 5.82 Å². The van der Waals surface area contributed by atoms with Crippen molar-refractivity contribution in [2.24, 2.45) is 0 Å². The molecule has 68 valence electrons. The van der Waals surface area contributed by atoms with Crippen LogP contribution in [0.4, 0.5) is 0 Å². The molecule has 0 aliphatic heterocycles. The molecule has 0 amide bonds. The van der Waals surface area contributed by atoms with Crippen molar-refractivity contribution < 1.29 is 0 Å². The Bertz CT molecular complexity index is 366. The molecule has 1 N–H and O–H groups in total. The largest absolute Gasteiger partial charge is 0.330 e. The molecule has 6 heteroatoms. The Kier molecular flexibility index (Phi) is 2.27. The van der Waals surface area contributed by atoms with Crippen LogP contribution in [0.15, 0.2) is 18.7 Å². The van der Waals surface area contributed by atoms with E-state index in [2.05, 4.69) is 20.2 Å². The van der Waals surface area contributed by atoms with Crippen LogP contribution in [-0.4, -0.2) is 24.7 Å².